The number of alkyl halides is 1. The summed E-state index contributed by atoms with van der Waals surface area (Å²) in [5.74, 6) is 0.663. The van der Waals surface area contributed by atoms with Crippen molar-refractivity contribution in [1.82, 2.24) is 5.32 Å². The van der Waals surface area contributed by atoms with E-state index in [4.69, 9.17) is 11.6 Å². The van der Waals surface area contributed by atoms with Crippen LogP contribution in [0, 0.1) is 0 Å². The maximum Gasteiger partial charge on any atom is 0.220 e. The zero-order chi connectivity index (χ0) is 14.2. The summed E-state index contributed by atoms with van der Waals surface area (Å²) < 4.78 is 0. The molecule has 0 saturated heterocycles. The van der Waals surface area contributed by atoms with Crippen LogP contribution in [0.5, 0.6) is 0 Å². The number of halogens is 1. The molecule has 0 rings (SSSR count). The van der Waals surface area contributed by atoms with Crippen LogP contribution in [0.1, 0.15) is 71.1 Å². The number of unbranched alkanes of at least 4 members (excludes halogenated alkanes) is 8. The van der Waals surface area contributed by atoms with Crippen molar-refractivity contribution in [2.45, 2.75) is 71.1 Å². The van der Waals surface area contributed by atoms with Gasteiger partial charge in [0.05, 0.1) is 0 Å². The molecule has 0 unspecified atom stereocenters. The highest BCUT2D eigenvalue weighted by molar-refractivity contribution is 6.18. The number of hydrogen-bond donors (Lipinski definition) is 1. The minimum absolute atomic E-state index is 0.155. The number of rotatable bonds is 13. The van der Waals surface area contributed by atoms with E-state index in [1.54, 1.807) is 0 Å². The Balaban J connectivity index is 3.16. The maximum atomic E-state index is 11.4. The molecule has 2 nitrogen and oxygen atoms in total. The summed E-state index contributed by atoms with van der Waals surface area (Å²) in [5.41, 5.74) is 0. The number of hydrogen-bond acceptors (Lipinski definition) is 1. The van der Waals surface area contributed by atoms with Gasteiger partial charge in [-0.3, -0.25) is 4.79 Å². The highest BCUT2D eigenvalue weighted by Crippen LogP contribution is 2.10. The summed E-state index contributed by atoms with van der Waals surface area (Å²) in [5, 5.41) is 2.86. The van der Waals surface area contributed by atoms with Gasteiger partial charge in [0.25, 0.3) is 0 Å². The molecule has 0 aliphatic rings. The van der Waals surface area contributed by atoms with Crippen LogP contribution < -0.4 is 5.32 Å². The van der Waals surface area contributed by atoms with E-state index in [9.17, 15) is 4.79 Å². The molecule has 0 aromatic carbocycles. The average Bonchev–Trinajstić information content (AvgIpc) is 2.42. The van der Waals surface area contributed by atoms with Crippen LogP contribution >= 0.6 is 11.6 Å². The van der Waals surface area contributed by atoms with E-state index in [1.807, 2.05) is 12.2 Å². The van der Waals surface area contributed by atoms with Crippen LogP contribution in [-0.4, -0.2) is 18.3 Å². The highest BCUT2D eigenvalue weighted by atomic mass is 35.5. The van der Waals surface area contributed by atoms with E-state index in [2.05, 4.69) is 12.2 Å². The van der Waals surface area contributed by atoms with Gasteiger partial charge in [0.1, 0.15) is 0 Å². The Labute approximate surface area is 124 Å². The molecule has 0 aromatic rings. The quantitative estimate of drug-likeness (QED) is 0.294. The van der Waals surface area contributed by atoms with Crippen molar-refractivity contribution in [3.63, 3.8) is 0 Å². The molecule has 0 saturated carbocycles. The van der Waals surface area contributed by atoms with Crippen LogP contribution in [0.4, 0.5) is 0 Å². The normalized spacial score (nSPS) is 11.1. The number of allylic oxidation sites excluding steroid dienone is 1. The van der Waals surface area contributed by atoms with Gasteiger partial charge in [-0.05, 0) is 6.42 Å². The number of carbonyl (C=O) groups is 1. The third kappa shape index (κ3) is 15.4. The van der Waals surface area contributed by atoms with Crippen LogP contribution in [0.15, 0.2) is 12.2 Å². The van der Waals surface area contributed by atoms with Gasteiger partial charge >= 0.3 is 0 Å². The lowest BCUT2D eigenvalue weighted by Crippen LogP contribution is -2.22. The first kappa shape index (κ1) is 18.5. The lowest BCUT2D eigenvalue weighted by Gasteiger charge is -2.03. The predicted molar refractivity (Wildman–Crippen MR) is 84.7 cm³/mol. The largest absolute Gasteiger partial charge is 0.353 e. The van der Waals surface area contributed by atoms with Crippen molar-refractivity contribution in [2.75, 3.05) is 12.4 Å². The first-order chi connectivity index (χ1) is 9.31. The van der Waals surface area contributed by atoms with Crippen molar-refractivity contribution < 1.29 is 4.79 Å². The molecule has 0 fully saturated rings. The summed E-state index contributed by atoms with van der Waals surface area (Å²) in [6, 6.07) is 0. The van der Waals surface area contributed by atoms with Crippen molar-refractivity contribution in [2.24, 2.45) is 0 Å². The first-order valence-electron chi connectivity index (χ1n) is 7.79. The van der Waals surface area contributed by atoms with E-state index in [1.165, 1.54) is 51.4 Å². The Morgan fingerprint density at radius 1 is 0.947 bits per heavy atom. The van der Waals surface area contributed by atoms with Crippen LogP contribution in [-0.2, 0) is 4.79 Å². The van der Waals surface area contributed by atoms with Crippen molar-refractivity contribution in [3.05, 3.63) is 12.2 Å². The fraction of sp³-hybridized carbons (Fsp3) is 0.812. The zero-order valence-electron chi connectivity index (χ0n) is 12.4. The molecule has 112 valence electrons. The molecule has 0 atom stereocenters. The second-order valence-corrected chi connectivity index (χ2v) is 5.32. The van der Waals surface area contributed by atoms with E-state index >= 15 is 0 Å². The van der Waals surface area contributed by atoms with E-state index in [0.29, 0.717) is 18.8 Å². The molecule has 0 radical (unpaired) electrons. The van der Waals surface area contributed by atoms with Crippen molar-refractivity contribution >= 4 is 17.5 Å². The smallest absolute Gasteiger partial charge is 0.220 e. The van der Waals surface area contributed by atoms with E-state index < -0.39 is 0 Å². The topological polar surface area (TPSA) is 29.1 Å². The van der Waals surface area contributed by atoms with Gasteiger partial charge in [-0.1, -0.05) is 70.4 Å². The van der Waals surface area contributed by atoms with Gasteiger partial charge in [-0.2, -0.15) is 0 Å². The highest BCUT2D eigenvalue weighted by Gasteiger charge is 1.99. The fourth-order valence-corrected chi connectivity index (χ4v) is 2.13. The first-order valence-corrected chi connectivity index (χ1v) is 8.32. The molecule has 1 N–H and O–H groups in total. The second kappa shape index (κ2) is 15.6. The lowest BCUT2D eigenvalue weighted by molar-refractivity contribution is -0.121. The molecule has 19 heavy (non-hydrogen) atoms. The zero-order valence-corrected chi connectivity index (χ0v) is 13.2. The molecule has 3 heteroatoms. The van der Waals surface area contributed by atoms with Gasteiger partial charge < -0.3 is 5.32 Å². The Morgan fingerprint density at radius 2 is 1.53 bits per heavy atom. The van der Waals surface area contributed by atoms with Crippen LogP contribution in [0.3, 0.4) is 0 Å². The Kier molecular flexibility index (Phi) is 15.1. The maximum absolute atomic E-state index is 11.4. The average molecular weight is 288 g/mol. The summed E-state index contributed by atoms with van der Waals surface area (Å²) in [4.78, 5) is 11.4. The molecule has 1 amide bonds. The third-order valence-corrected chi connectivity index (χ3v) is 3.36. The minimum Gasteiger partial charge on any atom is -0.353 e. The Hall–Kier alpha value is -0.500. The fourth-order valence-electron chi connectivity index (χ4n) is 2.00. The molecule has 0 heterocycles. The van der Waals surface area contributed by atoms with Gasteiger partial charge in [-0.25, -0.2) is 0 Å². The summed E-state index contributed by atoms with van der Waals surface area (Å²) in [6.07, 6.45) is 16.0. The lowest BCUT2D eigenvalue weighted by atomic mass is 10.1. The second-order valence-electron chi connectivity index (χ2n) is 5.01. The summed E-state index contributed by atoms with van der Waals surface area (Å²) in [7, 11) is 0. The monoisotopic (exact) mass is 287 g/mol. The van der Waals surface area contributed by atoms with E-state index in [0.717, 1.165) is 6.42 Å². The summed E-state index contributed by atoms with van der Waals surface area (Å²) >= 11 is 5.49. The molecular formula is C16H30ClNO. The van der Waals surface area contributed by atoms with Gasteiger partial charge in [0.2, 0.25) is 5.91 Å². The van der Waals surface area contributed by atoms with E-state index in [-0.39, 0.29) is 5.91 Å². The summed E-state index contributed by atoms with van der Waals surface area (Å²) in [6.45, 7) is 2.85. The number of nitrogens with one attached hydrogen (secondary N) is 1. The standard InChI is InChI=1S/C16H30ClNO/c1-2-3-4-5-6-7-8-9-10-13-16(19)18-15-12-11-14-17/h11-12H,2-10,13-15H2,1H3,(H,18,19)/b12-11+. The molecule has 0 spiro atoms. The third-order valence-electron chi connectivity index (χ3n) is 3.18. The van der Waals surface area contributed by atoms with Crippen LogP contribution in [0.25, 0.3) is 0 Å². The molecular weight excluding hydrogens is 258 g/mol. The minimum atomic E-state index is 0.155. The number of amides is 1. The predicted octanol–water partition coefficient (Wildman–Crippen LogP) is 4.82. The molecule has 0 bridgehead atoms. The van der Waals surface area contributed by atoms with Crippen LogP contribution in [0.2, 0.25) is 0 Å². The SMILES string of the molecule is CCCCCCCCCCCC(=O)NC/C=C/CCl. The van der Waals surface area contributed by atoms with Crippen molar-refractivity contribution in [1.29, 1.82) is 0 Å². The molecule has 0 aliphatic carbocycles. The number of carbonyl (C=O) groups excluding carboxylic acids is 1. The van der Waals surface area contributed by atoms with Crippen molar-refractivity contribution in [3.8, 4) is 0 Å². The van der Waals surface area contributed by atoms with Gasteiger partial charge in [0, 0.05) is 18.8 Å². The van der Waals surface area contributed by atoms with Gasteiger partial charge in [0.15, 0.2) is 0 Å². The Morgan fingerprint density at radius 3 is 2.11 bits per heavy atom. The molecule has 0 aliphatic heterocycles. The van der Waals surface area contributed by atoms with Gasteiger partial charge in [-0.15, -0.1) is 11.6 Å². The Bertz CT molecular complexity index is 229. The molecule has 0 aromatic heterocycles.